The second kappa shape index (κ2) is 10.9. The van der Waals surface area contributed by atoms with E-state index in [1.807, 2.05) is 50.2 Å². The van der Waals surface area contributed by atoms with Crippen LogP contribution in [0.25, 0.3) is 0 Å². The van der Waals surface area contributed by atoms with Gasteiger partial charge in [-0.05, 0) is 60.9 Å². The Bertz CT molecular complexity index is 949. The highest BCUT2D eigenvalue weighted by molar-refractivity contribution is 7.98. The summed E-state index contributed by atoms with van der Waals surface area (Å²) in [6, 6.07) is 13.3. The monoisotopic (exact) mass is 454 g/mol. The fraction of sp³-hybridized carbons (Fsp3) is 0.381. The van der Waals surface area contributed by atoms with E-state index in [0.717, 1.165) is 40.3 Å². The van der Waals surface area contributed by atoms with Gasteiger partial charge in [0.2, 0.25) is 15.9 Å². The number of nitrogens with one attached hydrogen (secondary N) is 1. The standard InChI is InChI=1S/C21H27ClN2O3S2/c1-16-8-9-17(2)20(12-16)24(29(3,26)27)14-21(25)23-10-5-11-28-15-18-6-4-7-19(22)13-18/h4,6-9,12-13H,5,10-11,14-15H2,1-3H3,(H,23,25). The fourth-order valence-electron chi connectivity index (χ4n) is 2.77. The topological polar surface area (TPSA) is 66.5 Å². The second-order valence-corrected chi connectivity index (χ2v) is 10.4. The van der Waals surface area contributed by atoms with Crippen LogP contribution in [0.4, 0.5) is 5.69 Å². The van der Waals surface area contributed by atoms with Gasteiger partial charge in [0.25, 0.3) is 0 Å². The Kier molecular flexibility index (Phi) is 8.86. The number of carbonyl (C=O) groups is 1. The highest BCUT2D eigenvalue weighted by Gasteiger charge is 2.22. The Morgan fingerprint density at radius 1 is 1.17 bits per heavy atom. The number of thioether (sulfide) groups is 1. The molecule has 0 saturated carbocycles. The summed E-state index contributed by atoms with van der Waals surface area (Å²) in [5.41, 5.74) is 3.46. The number of halogens is 1. The number of anilines is 1. The van der Waals surface area contributed by atoms with Gasteiger partial charge in [-0.25, -0.2) is 8.42 Å². The van der Waals surface area contributed by atoms with Crippen LogP contribution >= 0.6 is 23.4 Å². The van der Waals surface area contributed by atoms with E-state index in [2.05, 4.69) is 5.32 Å². The molecule has 0 atom stereocenters. The van der Waals surface area contributed by atoms with Crippen LogP contribution in [-0.2, 0) is 20.6 Å². The largest absolute Gasteiger partial charge is 0.354 e. The van der Waals surface area contributed by atoms with Crippen molar-refractivity contribution in [1.29, 1.82) is 0 Å². The first kappa shape index (κ1) is 23.6. The lowest BCUT2D eigenvalue weighted by molar-refractivity contribution is -0.119. The molecule has 0 radical (unpaired) electrons. The predicted molar refractivity (Wildman–Crippen MR) is 123 cm³/mol. The number of amides is 1. The summed E-state index contributed by atoms with van der Waals surface area (Å²) in [6.07, 6.45) is 1.92. The van der Waals surface area contributed by atoms with Crippen molar-refractivity contribution >= 4 is 45.0 Å². The third-order valence-corrected chi connectivity index (χ3v) is 6.74. The summed E-state index contributed by atoms with van der Waals surface area (Å²) in [6.45, 7) is 4.01. The Morgan fingerprint density at radius 2 is 1.93 bits per heavy atom. The highest BCUT2D eigenvalue weighted by atomic mass is 35.5. The van der Waals surface area contributed by atoms with E-state index in [9.17, 15) is 13.2 Å². The molecule has 158 valence electrons. The maximum absolute atomic E-state index is 12.3. The molecule has 0 spiro atoms. The van der Waals surface area contributed by atoms with Gasteiger partial charge in [-0.15, -0.1) is 0 Å². The van der Waals surface area contributed by atoms with Gasteiger partial charge in [0, 0.05) is 17.3 Å². The quantitative estimate of drug-likeness (QED) is 0.547. The summed E-state index contributed by atoms with van der Waals surface area (Å²) >= 11 is 7.74. The predicted octanol–water partition coefficient (Wildman–Crippen LogP) is 4.16. The van der Waals surface area contributed by atoms with Crippen LogP contribution in [0, 0.1) is 13.8 Å². The summed E-state index contributed by atoms with van der Waals surface area (Å²) in [5, 5.41) is 3.55. The number of sulfonamides is 1. The molecular weight excluding hydrogens is 428 g/mol. The van der Waals surface area contributed by atoms with Crippen LogP contribution in [0.15, 0.2) is 42.5 Å². The maximum atomic E-state index is 12.3. The average Bonchev–Trinajstić information content (AvgIpc) is 2.64. The summed E-state index contributed by atoms with van der Waals surface area (Å²) < 4.78 is 25.6. The third-order valence-electron chi connectivity index (χ3n) is 4.27. The van der Waals surface area contributed by atoms with Crippen LogP contribution in [0.3, 0.4) is 0 Å². The number of benzene rings is 2. The minimum atomic E-state index is -3.57. The molecule has 0 saturated heterocycles. The van der Waals surface area contributed by atoms with E-state index in [0.29, 0.717) is 12.2 Å². The van der Waals surface area contributed by atoms with Crippen molar-refractivity contribution in [3.8, 4) is 0 Å². The first-order chi connectivity index (χ1) is 13.7. The SMILES string of the molecule is Cc1ccc(C)c(N(CC(=O)NCCCSCc2cccc(Cl)c2)S(C)(=O)=O)c1. The van der Waals surface area contributed by atoms with Gasteiger partial charge in [-0.1, -0.05) is 35.9 Å². The van der Waals surface area contributed by atoms with Gasteiger partial charge in [0.1, 0.15) is 6.54 Å². The van der Waals surface area contributed by atoms with Crippen molar-refractivity contribution in [3.05, 3.63) is 64.2 Å². The Hall–Kier alpha value is -1.70. The van der Waals surface area contributed by atoms with E-state index in [4.69, 9.17) is 11.6 Å². The van der Waals surface area contributed by atoms with E-state index in [1.54, 1.807) is 17.8 Å². The summed E-state index contributed by atoms with van der Waals surface area (Å²) in [4.78, 5) is 12.3. The molecule has 0 unspecified atom stereocenters. The Labute approximate surface area is 182 Å². The Morgan fingerprint density at radius 3 is 2.62 bits per heavy atom. The fourth-order valence-corrected chi connectivity index (χ4v) is 4.80. The molecule has 29 heavy (non-hydrogen) atoms. The zero-order valence-corrected chi connectivity index (χ0v) is 19.3. The lowest BCUT2D eigenvalue weighted by Crippen LogP contribution is -2.41. The zero-order chi connectivity index (χ0) is 21.4. The molecule has 0 bridgehead atoms. The van der Waals surface area contributed by atoms with Crippen molar-refractivity contribution in [3.63, 3.8) is 0 Å². The van der Waals surface area contributed by atoms with Gasteiger partial charge in [-0.2, -0.15) is 11.8 Å². The number of nitrogens with zero attached hydrogens (tertiary/aromatic N) is 1. The number of aryl methyl sites for hydroxylation is 2. The number of hydrogen-bond acceptors (Lipinski definition) is 4. The lowest BCUT2D eigenvalue weighted by Gasteiger charge is -2.24. The first-order valence-corrected chi connectivity index (χ1v) is 12.7. The molecule has 1 N–H and O–H groups in total. The molecule has 8 heteroatoms. The van der Waals surface area contributed by atoms with E-state index in [-0.39, 0.29) is 12.5 Å². The minimum absolute atomic E-state index is 0.223. The van der Waals surface area contributed by atoms with Crippen molar-refractivity contribution in [2.45, 2.75) is 26.0 Å². The number of rotatable bonds is 10. The molecule has 1 amide bonds. The molecular formula is C21H27ClN2O3S2. The van der Waals surface area contributed by atoms with Crippen LogP contribution in [0.5, 0.6) is 0 Å². The van der Waals surface area contributed by atoms with E-state index in [1.165, 1.54) is 9.87 Å². The minimum Gasteiger partial charge on any atom is -0.354 e. The molecule has 0 fully saturated rings. The molecule has 0 aromatic heterocycles. The normalized spacial score (nSPS) is 11.3. The molecule has 0 aliphatic carbocycles. The van der Waals surface area contributed by atoms with Gasteiger partial charge < -0.3 is 5.32 Å². The summed E-state index contributed by atoms with van der Waals surface area (Å²) in [7, 11) is -3.57. The van der Waals surface area contributed by atoms with E-state index < -0.39 is 10.0 Å². The molecule has 5 nitrogen and oxygen atoms in total. The first-order valence-electron chi connectivity index (χ1n) is 9.30. The molecule has 0 aliphatic heterocycles. The molecule has 0 heterocycles. The van der Waals surface area contributed by atoms with E-state index >= 15 is 0 Å². The smallest absolute Gasteiger partial charge is 0.240 e. The number of carbonyl (C=O) groups excluding carboxylic acids is 1. The van der Waals surface area contributed by atoms with Crippen LogP contribution in [-0.4, -0.2) is 39.4 Å². The van der Waals surface area contributed by atoms with Gasteiger partial charge >= 0.3 is 0 Å². The van der Waals surface area contributed by atoms with Crippen LogP contribution in [0.2, 0.25) is 5.02 Å². The van der Waals surface area contributed by atoms with Crippen molar-refractivity contribution < 1.29 is 13.2 Å². The van der Waals surface area contributed by atoms with Gasteiger partial charge in [-0.3, -0.25) is 9.10 Å². The molecule has 2 aromatic rings. The average molecular weight is 455 g/mol. The number of hydrogen-bond donors (Lipinski definition) is 1. The highest BCUT2D eigenvalue weighted by Crippen LogP contribution is 2.23. The van der Waals surface area contributed by atoms with Gasteiger partial charge in [0.05, 0.1) is 11.9 Å². The van der Waals surface area contributed by atoms with Crippen molar-refractivity contribution in [1.82, 2.24) is 5.32 Å². The molecule has 2 aromatic carbocycles. The second-order valence-electron chi connectivity index (χ2n) is 6.95. The van der Waals surface area contributed by atoms with Crippen LogP contribution < -0.4 is 9.62 Å². The molecule has 0 aliphatic rings. The third kappa shape index (κ3) is 7.91. The van der Waals surface area contributed by atoms with Gasteiger partial charge in [0.15, 0.2) is 0 Å². The molecule has 2 rings (SSSR count). The van der Waals surface area contributed by atoms with Crippen molar-refractivity contribution in [2.75, 3.05) is 29.4 Å². The lowest BCUT2D eigenvalue weighted by atomic mass is 10.1. The summed E-state index contributed by atoms with van der Waals surface area (Å²) in [5.74, 6) is 1.44. The zero-order valence-electron chi connectivity index (χ0n) is 16.9. The maximum Gasteiger partial charge on any atom is 0.240 e. The Balaban J connectivity index is 1.81. The van der Waals surface area contributed by atoms with Crippen molar-refractivity contribution in [2.24, 2.45) is 0 Å². The van der Waals surface area contributed by atoms with Crippen LogP contribution in [0.1, 0.15) is 23.1 Å².